The molecule has 180 valence electrons. The van der Waals surface area contributed by atoms with Crippen molar-refractivity contribution in [2.24, 2.45) is 0 Å². The van der Waals surface area contributed by atoms with Gasteiger partial charge in [0.25, 0.3) is 0 Å². The molecule has 0 fully saturated rings. The van der Waals surface area contributed by atoms with Crippen LogP contribution in [0.5, 0.6) is 0 Å². The number of hydrogen-bond donors (Lipinski definition) is 1. The second-order valence-electron chi connectivity index (χ2n) is 7.69. The standard InChI is InChI=1S/C25H22Cl2N4O2S2/c1-18-6-5-9-20(14-18)17-34-25-30-29-24(31(25)23-11-10-21(26)15-22(23)27)16-28-35(32,33)13-12-19-7-3-2-4-8-19/h2-15,28H,16-17H2,1H3/b13-12+. The molecule has 3 aromatic carbocycles. The molecule has 0 saturated heterocycles. The fourth-order valence-corrected chi connectivity index (χ4v) is 5.47. The molecule has 4 aromatic rings. The minimum Gasteiger partial charge on any atom is -0.271 e. The van der Waals surface area contributed by atoms with Crippen molar-refractivity contribution >= 4 is 51.1 Å². The molecule has 6 nitrogen and oxygen atoms in total. The second-order valence-corrected chi connectivity index (χ2v) is 11.1. The van der Waals surface area contributed by atoms with E-state index in [0.29, 0.717) is 32.5 Å². The first-order chi connectivity index (χ1) is 16.8. The predicted molar refractivity (Wildman–Crippen MR) is 143 cm³/mol. The Morgan fingerprint density at radius 3 is 2.54 bits per heavy atom. The molecule has 0 spiro atoms. The van der Waals surface area contributed by atoms with Gasteiger partial charge in [0.2, 0.25) is 10.0 Å². The van der Waals surface area contributed by atoms with Gasteiger partial charge < -0.3 is 0 Å². The molecule has 1 heterocycles. The molecule has 0 saturated carbocycles. The zero-order chi connectivity index (χ0) is 24.8. The first-order valence-electron chi connectivity index (χ1n) is 10.6. The highest BCUT2D eigenvalue weighted by atomic mass is 35.5. The summed E-state index contributed by atoms with van der Waals surface area (Å²) in [4.78, 5) is 0. The van der Waals surface area contributed by atoms with Crippen LogP contribution < -0.4 is 4.72 Å². The number of nitrogens with one attached hydrogen (secondary N) is 1. The van der Waals surface area contributed by atoms with Gasteiger partial charge in [-0.1, -0.05) is 95.1 Å². The van der Waals surface area contributed by atoms with E-state index >= 15 is 0 Å². The van der Waals surface area contributed by atoms with Crippen LogP contribution in [-0.4, -0.2) is 23.2 Å². The summed E-state index contributed by atoms with van der Waals surface area (Å²) in [5.41, 5.74) is 3.70. The Hall–Kier alpha value is -2.62. The molecule has 0 aliphatic rings. The van der Waals surface area contributed by atoms with Gasteiger partial charge in [0, 0.05) is 16.2 Å². The minimum absolute atomic E-state index is 0.0710. The van der Waals surface area contributed by atoms with Crippen molar-refractivity contribution < 1.29 is 8.42 Å². The van der Waals surface area contributed by atoms with Crippen molar-refractivity contribution in [3.05, 3.63) is 111 Å². The van der Waals surface area contributed by atoms with E-state index in [2.05, 4.69) is 21.0 Å². The van der Waals surface area contributed by atoms with Crippen LogP contribution in [0.2, 0.25) is 10.0 Å². The number of benzene rings is 3. The summed E-state index contributed by atoms with van der Waals surface area (Å²) in [6, 6.07) is 22.5. The molecule has 0 amide bonds. The summed E-state index contributed by atoms with van der Waals surface area (Å²) in [6.07, 6.45) is 1.53. The van der Waals surface area contributed by atoms with E-state index in [-0.39, 0.29) is 6.54 Å². The number of hydrogen-bond acceptors (Lipinski definition) is 5. The van der Waals surface area contributed by atoms with Crippen LogP contribution in [0.4, 0.5) is 0 Å². The van der Waals surface area contributed by atoms with E-state index in [1.807, 2.05) is 55.5 Å². The van der Waals surface area contributed by atoms with Crippen LogP contribution in [0.3, 0.4) is 0 Å². The van der Waals surface area contributed by atoms with Gasteiger partial charge in [0.1, 0.15) is 0 Å². The van der Waals surface area contributed by atoms with Crippen LogP contribution in [-0.2, 0) is 22.3 Å². The second kappa shape index (κ2) is 11.4. The molecule has 0 bridgehead atoms. The van der Waals surface area contributed by atoms with Gasteiger partial charge in [0.05, 0.1) is 17.3 Å². The Bertz CT molecular complexity index is 1460. The third-order valence-electron chi connectivity index (χ3n) is 4.97. The number of rotatable bonds is 9. The smallest absolute Gasteiger partial charge is 0.234 e. The summed E-state index contributed by atoms with van der Waals surface area (Å²) in [5, 5.41) is 11.2. The number of nitrogens with zero attached hydrogens (tertiary/aromatic N) is 3. The molecule has 35 heavy (non-hydrogen) atoms. The Balaban J connectivity index is 1.59. The third-order valence-corrected chi connectivity index (χ3v) is 7.55. The van der Waals surface area contributed by atoms with Gasteiger partial charge in [-0.3, -0.25) is 4.57 Å². The maximum atomic E-state index is 12.6. The Labute approximate surface area is 219 Å². The number of aryl methyl sites for hydroxylation is 1. The molecule has 0 unspecified atom stereocenters. The average Bonchev–Trinajstić information content (AvgIpc) is 3.24. The highest BCUT2D eigenvalue weighted by molar-refractivity contribution is 7.98. The van der Waals surface area contributed by atoms with E-state index in [0.717, 1.165) is 16.5 Å². The molecule has 1 N–H and O–H groups in total. The van der Waals surface area contributed by atoms with Crippen LogP contribution in [0.15, 0.2) is 83.4 Å². The summed E-state index contributed by atoms with van der Waals surface area (Å²) < 4.78 is 29.5. The lowest BCUT2D eigenvalue weighted by molar-refractivity contribution is 0.587. The summed E-state index contributed by atoms with van der Waals surface area (Å²) in [5.74, 6) is 1.06. The number of thioether (sulfide) groups is 1. The van der Waals surface area contributed by atoms with Crippen LogP contribution in [0.1, 0.15) is 22.5 Å². The SMILES string of the molecule is Cc1cccc(CSc2nnc(CNS(=O)(=O)/C=C/c3ccccc3)n2-c2ccc(Cl)cc2Cl)c1. The van der Waals surface area contributed by atoms with Crippen molar-refractivity contribution in [1.82, 2.24) is 19.5 Å². The monoisotopic (exact) mass is 544 g/mol. The average molecular weight is 546 g/mol. The zero-order valence-corrected chi connectivity index (χ0v) is 21.9. The Kier molecular flexibility index (Phi) is 8.30. The Morgan fingerprint density at radius 1 is 1.00 bits per heavy atom. The van der Waals surface area contributed by atoms with E-state index < -0.39 is 10.0 Å². The highest BCUT2D eigenvalue weighted by Gasteiger charge is 2.18. The van der Waals surface area contributed by atoms with Crippen molar-refractivity contribution in [2.45, 2.75) is 24.4 Å². The first kappa shape index (κ1) is 25.5. The van der Waals surface area contributed by atoms with Gasteiger partial charge in [-0.05, 0) is 42.3 Å². The molecule has 10 heteroatoms. The van der Waals surface area contributed by atoms with E-state index in [9.17, 15) is 8.42 Å². The molecule has 0 aliphatic heterocycles. The molecule has 4 rings (SSSR count). The van der Waals surface area contributed by atoms with Crippen LogP contribution >= 0.6 is 35.0 Å². The summed E-state index contributed by atoms with van der Waals surface area (Å²) >= 11 is 14.1. The van der Waals surface area contributed by atoms with Gasteiger partial charge in [-0.2, -0.15) is 0 Å². The van der Waals surface area contributed by atoms with Gasteiger partial charge >= 0.3 is 0 Å². The topological polar surface area (TPSA) is 76.9 Å². The van der Waals surface area contributed by atoms with Crippen molar-refractivity contribution in [3.8, 4) is 5.69 Å². The maximum Gasteiger partial charge on any atom is 0.234 e. The lowest BCUT2D eigenvalue weighted by Gasteiger charge is -2.12. The quantitative estimate of drug-likeness (QED) is 0.251. The molecule has 1 aromatic heterocycles. The molecular formula is C25H22Cl2N4O2S2. The third kappa shape index (κ3) is 6.96. The lowest BCUT2D eigenvalue weighted by atomic mass is 10.2. The van der Waals surface area contributed by atoms with Gasteiger partial charge in [-0.15, -0.1) is 10.2 Å². The molecule has 0 atom stereocenters. The van der Waals surface area contributed by atoms with Crippen molar-refractivity contribution in [2.75, 3.05) is 0 Å². The van der Waals surface area contributed by atoms with Crippen molar-refractivity contribution in [3.63, 3.8) is 0 Å². The number of sulfonamides is 1. The lowest BCUT2D eigenvalue weighted by Crippen LogP contribution is -2.23. The fourth-order valence-electron chi connectivity index (χ4n) is 3.31. The largest absolute Gasteiger partial charge is 0.271 e. The molecule has 0 radical (unpaired) electrons. The van der Waals surface area contributed by atoms with E-state index in [1.54, 1.807) is 22.8 Å². The Morgan fingerprint density at radius 2 is 1.80 bits per heavy atom. The first-order valence-corrected chi connectivity index (χ1v) is 13.9. The summed E-state index contributed by atoms with van der Waals surface area (Å²) in [6.45, 7) is 1.97. The normalized spacial score (nSPS) is 11.9. The summed E-state index contributed by atoms with van der Waals surface area (Å²) in [7, 11) is -3.72. The molecular weight excluding hydrogens is 523 g/mol. The van der Waals surface area contributed by atoms with Gasteiger partial charge in [0.15, 0.2) is 11.0 Å². The zero-order valence-electron chi connectivity index (χ0n) is 18.7. The highest BCUT2D eigenvalue weighted by Crippen LogP contribution is 2.31. The number of halogens is 2. The van der Waals surface area contributed by atoms with E-state index in [4.69, 9.17) is 23.2 Å². The van der Waals surface area contributed by atoms with Crippen LogP contribution in [0, 0.1) is 6.92 Å². The molecule has 0 aliphatic carbocycles. The van der Waals surface area contributed by atoms with Crippen molar-refractivity contribution in [1.29, 1.82) is 0 Å². The fraction of sp³-hybridized carbons (Fsp3) is 0.120. The number of aromatic nitrogens is 3. The predicted octanol–water partition coefficient (Wildman–Crippen LogP) is 6.27. The van der Waals surface area contributed by atoms with Gasteiger partial charge in [-0.25, -0.2) is 13.1 Å². The minimum atomic E-state index is -3.72. The maximum absolute atomic E-state index is 12.6. The van der Waals surface area contributed by atoms with E-state index in [1.165, 1.54) is 23.4 Å². The van der Waals surface area contributed by atoms with Crippen LogP contribution in [0.25, 0.3) is 11.8 Å².